The highest BCUT2D eigenvalue weighted by molar-refractivity contribution is 14.0. The van der Waals surface area contributed by atoms with Crippen LogP contribution >= 0.6 is 24.0 Å². The van der Waals surface area contributed by atoms with E-state index in [-0.39, 0.29) is 35.3 Å². The Labute approximate surface area is 211 Å². The van der Waals surface area contributed by atoms with Gasteiger partial charge in [0.15, 0.2) is 5.96 Å². The Morgan fingerprint density at radius 2 is 1.91 bits per heavy atom. The van der Waals surface area contributed by atoms with Crippen molar-refractivity contribution in [2.24, 2.45) is 10.4 Å². The van der Waals surface area contributed by atoms with Gasteiger partial charge in [0.2, 0.25) is 5.91 Å². The summed E-state index contributed by atoms with van der Waals surface area (Å²) in [6.45, 7) is 7.90. The molecule has 2 unspecified atom stereocenters. The molecule has 2 atom stereocenters. The number of nitrogens with zero attached hydrogens (tertiary/aromatic N) is 3. The summed E-state index contributed by atoms with van der Waals surface area (Å²) in [6, 6.07) is 11.7. The normalized spacial score (nSPS) is 23.3. The minimum absolute atomic E-state index is 0. The fourth-order valence-corrected chi connectivity index (χ4v) is 5.11. The van der Waals surface area contributed by atoms with Crippen LogP contribution in [0.15, 0.2) is 35.3 Å². The fourth-order valence-electron chi connectivity index (χ4n) is 5.11. The van der Waals surface area contributed by atoms with Gasteiger partial charge in [-0.1, -0.05) is 43.2 Å². The number of halogens is 1. The quantitative estimate of drug-likeness (QED) is 0.305. The second-order valence-electron chi connectivity index (χ2n) is 9.55. The lowest BCUT2D eigenvalue weighted by atomic mass is 9.85. The number of rotatable bonds is 7. The lowest BCUT2D eigenvalue weighted by Gasteiger charge is -2.38. The molecule has 1 saturated carbocycles. The molecule has 2 aliphatic rings. The Kier molecular flexibility index (Phi) is 10.7. The zero-order valence-corrected chi connectivity index (χ0v) is 22.6. The molecular formula is C25H42IN5O. The van der Waals surface area contributed by atoms with Gasteiger partial charge < -0.3 is 15.5 Å². The number of hydrogen-bond acceptors (Lipinski definition) is 3. The number of benzene rings is 1. The van der Waals surface area contributed by atoms with Gasteiger partial charge >= 0.3 is 0 Å². The van der Waals surface area contributed by atoms with Crippen LogP contribution in [0.1, 0.15) is 57.9 Å². The summed E-state index contributed by atoms with van der Waals surface area (Å²) in [6.07, 6.45) is 6.33. The van der Waals surface area contributed by atoms with Crippen molar-refractivity contribution in [2.75, 3.05) is 33.7 Å². The summed E-state index contributed by atoms with van der Waals surface area (Å²) in [5, 5.41) is 7.07. The minimum Gasteiger partial charge on any atom is -0.357 e. The van der Waals surface area contributed by atoms with Gasteiger partial charge in [-0.05, 0) is 45.1 Å². The van der Waals surface area contributed by atoms with Crippen molar-refractivity contribution in [2.45, 2.75) is 71.0 Å². The van der Waals surface area contributed by atoms with Crippen LogP contribution in [-0.4, -0.2) is 67.5 Å². The van der Waals surface area contributed by atoms with E-state index in [0.717, 1.165) is 64.1 Å². The maximum absolute atomic E-state index is 12.9. The van der Waals surface area contributed by atoms with Gasteiger partial charge in [-0.2, -0.15) is 0 Å². The van der Waals surface area contributed by atoms with Gasteiger partial charge in [0.1, 0.15) is 0 Å². The summed E-state index contributed by atoms with van der Waals surface area (Å²) < 4.78 is 0. The zero-order valence-electron chi connectivity index (χ0n) is 20.3. The van der Waals surface area contributed by atoms with Crippen LogP contribution in [0.4, 0.5) is 0 Å². The first kappa shape index (κ1) is 26.9. The zero-order chi connectivity index (χ0) is 22.3. The van der Waals surface area contributed by atoms with Gasteiger partial charge in [-0.3, -0.25) is 14.7 Å². The average Bonchev–Trinajstić information content (AvgIpc) is 3.24. The van der Waals surface area contributed by atoms with Gasteiger partial charge in [-0.15, -0.1) is 24.0 Å². The summed E-state index contributed by atoms with van der Waals surface area (Å²) >= 11 is 0. The van der Waals surface area contributed by atoms with E-state index in [1.807, 2.05) is 14.1 Å². The maximum Gasteiger partial charge on any atom is 0.230 e. The van der Waals surface area contributed by atoms with Crippen molar-refractivity contribution in [1.82, 2.24) is 20.4 Å². The third kappa shape index (κ3) is 7.07. The van der Waals surface area contributed by atoms with Crippen LogP contribution in [-0.2, 0) is 11.3 Å². The molecule has 2 fully saturated rings. The second kappa shape index (κ2) is 12.8. The first-order chi connectivity index (χ1) is 14.9. The van der Waals surface area contributed by atoms with E-state index in [0.29, 0.717) is 18.6 Å². The van der Waals surface area contributed by atoms with Crippen LogP contribution in [0.5, 0.6) is 0 Å². The molecule has 1 heterocycles. The van der Waals surface area contributed by atoms with Crippen LogP contribution in [0.3, 0.4) is 0 Å². The standard InChI is InChI=1S/C25H41N5O.HI/c1-5-26-24(27-19-25(14-9-10-15-25)23(31)29(3)4)28-22-13-16-30(20(2)17-22)18-21-11-7-6-8-12-21;/h6-8,11-12,20,22H,5,9-10,13-19H2,1-4H3,(H2,26,27,28);1H. The van der Waals surface area contributed by atoms with E-state index in [9.17, 15) is 4.79 Å². The van der Waals surface area contributed by atoms with Crippen molar-refractivity contribution in [3.8, 4) is 0 Å². The molecule has 0 bridgehead atoms. The average molecular weight is 556 g/mol. The van der Waals surface area contributed by atoms with E-state index < -0.39 is 0 Å². The Balaban J connectivity index is 0.00000363. The SMILES string of the molecule is CCNC(=NCC1(C(=O)N(C)C)CCCC1)NC1CCN(Cc2ccccc2)C(C)C1.I. The molecule has 0 radical (unpaired) electrons. The molecule has 0 spiro atoms. The number of amides is 1. The lowest BCUT2D eigenvalue weighted by molar-refractivity contribution is -0.138. The van der Waals surface area contributed by atoms with Gasteiger partial charge in [0, 0.05) is 45.8 Å². The largest absolute Gasteiger partial charge is 0.357 e. The van der Waals surface area contributed by atoms with Gasteiger partial charge in [0.25, 0.3) is 0 Å². The molecule has 2 N–H and O–H groups in total. The topological polar surface area (TPSA) is 60.0 Å². The maximum atomic E-state index is 12.9. The third-order valence-corrected chi connectivity index (χ3v) is 6.89. The first-order valence-corrected chi connectivity index (χ1v) is 12.0. The number of carbonyl (C=O) groups is 1. The number of piperidine rings is 1. The Bertz CT molecular complexity index is 733. The van der Waals surface area contributed by atoms with Gasteiger partial charge in [-0.25, -0.2) is 0 Å². The number of nitrogens with one attached hydrogen (secondary N) is 2. The number of aliphatic imine (C=N–C) groups is 1. The molecule has 1 amide bonds. The highest BCUT2D eigenvalue weighted by Gasteiger charge is 2.42. The van der Waals surface area contributed by atoms with Crippen molar-refractivity contribution in [3.63, 3.8) is 0 Å². The highest BCUT2D eigenvalue weighted by Crippen LogP contribution is 2.39. The molecule has 3 rings (SSSR count). The lowest BCUT2D eigenvalue weighted by Crippen LogP contribution is -2.51. The van der Waals surface area contributed by atoms with Crippen molar-refractivity contribution < 1.29 is 4.79 Å². The number of guanidine groups is 1. The minimum atomic E-state index is -0.321. The number of carbonyl (C=O) groups excluding carboxylic acids is 1. The highest BCUT2D eigenvalue weighted by atomic mass is 127. The van der Waals surface area contributed by atoms with E-state index in [1.165, 1.54) is 5.56 Å². The summed E-state index contributed by atoms with van der Waals surface area (Å²) in [5.41, 5.74) is 1.06. The Morgan fingerprint density at radius 1 is 1.22 bits per heavy atom. The smallest absolute Gasteiger partial charge is 0.230 e. The summed E-state index contributed by atoms with van der Waals surface area (Å²) in [7, 11) is 3.72. The van der Waals surface area contributed by atoms with Crippen molar-refractivity contribution >= 4 is 35.8 Å². The van der Waals surface area contributed by atoms with E-state index in [4.69, 9.17) is 4.99 Å². The fraction of sp³-hybridized carbons (Fsp3) is 0.680. The second-order valence-corrected chi connectivity index (χ2v) is 9.55. The molecule has 0 aromatic heterocycles. The first-order valence-electron chi connectivity index (χ1n) is 12.0. The molecule has 7 heteroatoms. The molecule has 1 aromatic carbocycles. The Morgan fingerprint density at radius 3 is 2.50 bits per heavy atom. The molecule has 6 nitrogen and oxygen atoms in total. The van der Waals surface area contributed by atoms with Crippen LogP contribution in [0, 0.1) is 5.41 Å². The van der Waals surface area contributed by atoms with E-state index in [2.05, 4.69) is 59.7 Å². The van der Waals surface area contributed by atoms with Crippen LogP contribution < -0.4 is 10.6 Å². The van der Waals surface area contributed by atoms with E-state index >= 15 is 0 Å². The summed E-state index contributed by atoms with van der Waals surface area (Å²) in [4.78, 5) is 22.1. The molecular weight excluding hydrogens is 513 g/mol. The van der Waals surface area contributed by atoms with Crippen LogP contribution in [0.2, 0.25) is 0 Å². The molecule has 1 saturated heterocycles. The summed E-state index contributed by atoms with van der Waals surface area (Å²) in [5.74, 6) is 1.08. The third-order valence-electron chi connectivity index (χ3n) is 6.89. The molecule has 1 aromatic rings. The van der Waals surface area contributed by atoms with Crippen molar-refractivity contribution in [1.29, 1.82) is 0 Å². The predicted octanol–water partition coefficient (Wildman–Crippen LogP) is 3.86. The van der Waals surface area contributed by atoms with Gasteiger partial charge in [0.05, 0.1) is 12.0 Å². The monoisotopic (exact) mass is 555 g/mol. The predicted molar refractivity (Wildman–Crippen MR) is 143 cm³/mol. The Hall–Kier alpha value is -1.35. The molecule has 1 aliphatic carbocycles. The molecule has 32 heavy (non-hydrogen) atoms. The molecule has 180 valence electrons. The van der Waals surface area contributed by atoms with Crippen LogP contribution in [0.25, 0.3) is 0 Å². The van der Waals surface area contributed by atoms with E-state index in [1.54, 1.807) is 4.90 Å². The number of likely N-dealkylation sites (tertiary alicyclic amines) is 1. The van der Waals surface area contributed by atoms with Crippen molar-refractivity contribution in [3.05, 3.63) is 35.9 Å². The molecule has 1 aliphatic heterocycles. The number of hydrogen-bond donors (Lipinski definition) is 2.